The standard InChI is InChI=1S/C6H11FN/c1-6(7)3-4-8(2)5-6/h1,3-5H2,2H3/t6-/m1/s1. The molecule has 1 nitrogen and oxygen atoms in total. The van der Waals surface area contributed by atoms with Gasteiger partial charge in [0, 0.05) is 13.1 Å². The Hall–Kier alpha value is -0.110. The van der Waals surface area contributed by atoms with Gasteiger partial charge in [0.15, 0.2) is 0 Å². The summed E-state index contributed by atoms with van der Waals surface area (Å²) >= 11 is 0. The van der Waals surface area contributed by atoms with Crippen LogP contribution in [0.4, 0.5) is 4.39 Å². The molecule has 1 aliphatic rings. The second kappa shape index (κ2) is 1.69. The highest BCUT2D eigenvalue weighted by Gasteiger charge is 2.31. The summed E-state index contributed by atoms with van der Waals surface area (Å²) in [6.45, 7) is 4.75. The van der Waals surface area contributed by atoms with E-state index in [4.69, 9.17) is 0 Å². The van der Waals surface area contributed by atoms with Crippen molar-refractivity contribution in [2.45, 2.75) is 12.1 Å². The predicted octanol–water partition coefficient (Wildman–Crippen LogP) is 0.864. The van der Waals surface area contributed by atoms with E-state index < -0.39 is 5.67 Å². The molecule has 47 valence electrons. The zero-order valence-electron chi connectivity index (χ0n) is 5.15. The maximum atomic E-state index is 12.7. The van der Waals surface area contributed by atoms with Crippen molar-refractivity contribution in [1.29, 1.82) is 0 Å². The summed E-state index contributed by atoms with van der Waals surface area (Å²) in [4.78, 5) is 1.95. The third-order valence-corrected chi connectivity index (χ3v) is 1.49. The average molecular weight is 116 g/mol. The molecule has 1 radical (unpaired) electrons. The lowest BCUT2D eigenvalue weighted by Crippen LogP contribution is -2.22. The minimum atomic E-state index is -1.16. The molecule has 1 atom stereocenters. The lowest BCUT2D eigenvalue weighted by molar-refractivity contribution is 0.231. The number of halogens is 1. The molecule has 0 saturated carbocycles. The largest absolute Gasteiger partial charge is 0.303 e. The van der Waals surface area contributed by atoms with Gasteiger partial charge in [-0.2, -0.15) is 0 Å². The van der Waals surface area contributed by atoms with Crippen molar-refractivity contribution in [3.63, 3.8) is 0 Å². The van der Waals surface area contributed by atoms with E-state index >= 15 is 0 Å². The molecule has 0 aliphatic carbocycles. The first kappa shape index (κ1) is 6.02. The maximum Gasteiger partial charge on any atom is 0.125 e. The Labute approximate surface area is 49.5 Å². The molecule has 1 rings (SSSR count). The summed E-state index contributed by atoms with van der Waals surface area (Å²) < 4.78 is 12.7. The fourth-order valence-corrected chi connectivity index (χ4v) is 1.03. The Morgan fingerprint density at radius 3 is 2.50 bits per heavy atom. The Bertz CT molecular complexity index is 90.5. The molecule has 0 unspecified atom stereocenters. The molecule has 0 aromatic carbocycles. The van der Waals surface area contributed by atoms with Crippen LogP contribution in [0.3, 0.4) is 0 Å². The second-order valence-corrected chi connectivity index (χ2v) is 2.64. The number of rotatable bonds is 0. The van der Waals surface area contributed by atoms with Crippen molar-refractivity contribution in [1.82, 2.24) is 4.90 Å². The van der Waals surface area contributed by atoms with Gasteiger partial charge < -0.3 is 4.90 Å². The van der Waals surface area contributed by atoms with Crippen LogP contribution in [0.1, 0.15) is 6.42 Å². The molecule has 0 aromatic heterocycles. The summed E-state index contributed by atoms with van der Waals surface area (Å²) in [5.41, 5.74) is -1.16. The minimum absolute atomic E-state index is 0.493. The summed E-state index contributed by atoms with van der Waals surface area (Å²) in [6, 6.07) is 0. The van der Waals surface area contributed by atoms with Gasteiger partial charge in [-0.25, -0.2) is 4.39 Å². The fourth-order valence-electron chi connectivity index (χ4n) is 1.03. The van der Waals surface area contributed by atoms with Crippen LogP contribution in [0.2, 0.25) is 0 Å². The lowest BCUT2D eigenvalue weighted by Gasteiger charge is -2.10. The van der Waals surface area contributed by atoms with Gasteiger partial charge in [-0.3, -0.25) is 0 Å². The van der Waals surface area contributed by atoms with Gasteiger partial charge in [-0.1, -0.05) is 0 Å². The molecule has 0 aromatic rings. The van der Waals surface area contributed by atoms with E-state index in [0.717, 1.165) is 6.54 Å². The van der Waals surface area contributed by atoms with Crippen LogP contribution in [-0.4, -0.2) is 30.7 Å². The molecule has 1 aliphatic heterocycles. The van der Waals surface area contributed by atoms with E-state index in [1.165, 1.54) is 0 Å². The van der Waals surface area contributed by atoms with Gasteiger partial charge in [0.25, 0.3) is 0 Å². The Balaban J connectivity index is 2.44. The van der Waals surface area contributed by atoms with Gasteiger partial charge in [0.1, 0.15) is 5.67 Å². The Morgan fingerprint density at radius 2 is 2.38 bits per heavy atom. The van der Waals surface area contributed by atoms with E-state index in [2.05, 4.69) is 6.92 Å². The monoisotopic (exact) mass is 116 g/mol. The fraction of sp³-hybridized carbons (Fsp3) is 0.833. The first-order valence-electron chi connectivity index (χ1n) is 2.83. The van der Waals surface area contributed by atoms with E-state index in [-0.39, 0.29) is 0 Å². The SMILES string of the molecule is [CH2][C@@]1(F)CCN(C)C1. The molecule has 0 N–H and O–H groups in total. The normalized spacial score (nSPS) is 40.9. The molecule has 1 fully saturated rings. The highest BCUT2D eigenvalue weighted by atomic mass is 19.1. The van der Waals surface area contributed by atoms with E-state index in [1.807, 2.05) is 11.9 Å². The molecule has 1 heterocycles. The summed E-state index contributed by atoms with van der Waals surface area (Å²) in [7, 11) is 1.91. The van der Waals surface area contributed by atoms with Gasteiger partial charge in [-0.05, 0) is 20.4 Å². The van der Waals surface area contributed by atoms with Gasteiger partial charge in [0.2, 0.25) is 0 Å². The summed E-state index contributed by atoms with van der Waals surface area (Å²) in [5.74, 6) is 0. The van der Waals surface area contributed by atoms with Crippen molar-refractivity contribution in [2.24, 2.45) is 0 Å². The van der Waals surface area contributed by atoms with E-state index in [9.17, 15) is 4.39 Å². The summed E-state index contributed by atoms with van der Waals surface area (Å²) in [5, 5.41) is 0. The molecule has 0 spiro atoms. The van der Waals surface area contributed by atoms with Gasteiger partial charge in [0.05, 0.1) is 0 Å². The predicted molar refractivity (Wildman–Crippen MR) is 31.3 cm³/mol. The number of alkyl halides is 1. The Morgan fingerprint density at radius 1 is 1.75 bits per heavy atom. The molecular weight excluding hydrogens is 105 g/mol. The minimum Gasteiger partial charge on any atom is -0.303 e. The molecule has 0 bridgehead atoms. The zero-order chi connectivity index (χ0) is 6.20. The molecular formula is C6H11FN. The summed E-state index contributed by atoms with van der Waals surface area (Å²) in [6.07, 6.45) is 0.587. The highest BCUT2D eigenvalue weighted by molar-refractivity contribution is 4.90. The van der Waals surface area contributed by atoms with Crippen molar-refractivity contribution >= 4 is 0 Å². The number of nitrogens with zero attached hydrogens (tertiary/aromatic N) is 1. The van der Waals surface area contributed by atoms with Crippen LogP contribution in [0.15, 0.2) is 0 Å². The highest BCUT2D eigenvalue weighted by Crippen LogP contribution is 2.22. The van der Waals surface area contributed by atoms with Crippen molar-refractivity contribution in [3.05, 3.63) is 6.92 Å². The number of hydrogen-bond acceptors (Lipinski definition) is 1. The molecule has 0 amide bonds. The van der Waals surface area contributed by atoms with Crippen LogP contribution in [0, 0.1) is 6.92 Å². The van der Waals surface area contributed by atoms with E-state index in [0.29, 0.717) is 13.0 Å². The zero-order valence-corrected chi connectivity index (χ0v) is 5.15. The Kier molecular flexibility index (Phi) is 1.27. The molecule has 8 heavy (non-hydrogen) atoms. The van der Waals surface area contributed by atoms with Crippen molar-refractivity contribution in [3.8, 4) is 0 Å². The van der Waals surface area contributed by atoms with Crippen LogP contribution in [0.5, 0.6) is 0 Å². The maximum absolute atomic E-state index is 12.7. The van der Waals surface area contributed by atoms with Crippen molar-refractivity contribution < 1.29 is 4.39 Å². The topological polar surface area (TPSA) is 3.24 Å². The first-order chi connectivity index (χ1) is 3.60. The average Bonchev–Trinajstić information content (AvgIpc) is 1.82. The number of likely N-dealkylation sites (tertiary alicyclic amines) is 1. The second-order valence-electron chi connectivity index (χ2n) is 2.64. The van der Waals surface area contributed by atoms with Crippen LogP contribution in [0.25, 0.3) is 0 Å². The van der Waals surface area contributed by atoms with Crippen LogP contribution in [-0.2, 0) is 0 Å². The third-order valence-electron chi connectivity index (χ3n) is 1.49. The smallest absolute Gasteiger partial charge is 0.125 e. The van der Waals surface area contributed by atoms with Gasteiger partial charge >= 0.3 is 0 Å². The molecule has 2 heteroatoms. The van der Waals surface area contributed by atoms with Crippen LogP contribution >= 0.6 is 0 Å². The van der Waals surface area contributed by atoms with Crippen LogP contribution < -0.4 is 0 Å². The molecule has 1 saturated heterocycles. The number of hydrogen-bond donors (Lipinski definition) is 0. The van der Waals surface area contributed by atoms with Crippen molar-refractivity contribution in [2.75, 3.05) is 20.1 Å². The third kappa shape index (κ3) is 1.19. The quantitative estimate of drug-likeness (QED) is 0.454. The van der Waals surface area contributed by atoms with E-state index in [1.54, 1.807) is 0 Å². The van der Waals surface area contributed by atoms with Gasteiger partial charge in [-0.15, -0.1) is 0 Å². The lowest BCUT2D eigenvalue weighted by atomic mass is 10.1. The first-order valence-corrected chi connectivity index (χ1v) is 2.83.